The number of esters is 1. The van der Waals surface area contributed by atoms with Gasteiger partial charge < -0.3 is 9.64 Å². The minimum absolute atomic E-state index is 0.310. The van der Waals surface area contributed by atoms with Crippen LogP contribution in [0.2, 0.25) is 0 Å². The van der Waals surface area contributed by atoms with E-state index in [1.807, 2.05) is 65.6 Å². The summed E-state index contributed by atoms with van der Waals surface area (Å²) in [6, 6.07) is 20.0. The highest BCUT2D eigenvalue weighted by Crippen LogP contribution is 2.35. The van der Waals surface area contributed by atoms with Crippen LogP contribution >= 0.6 is 0 Å². The molecular weight excluding hydrogens is 300 g/mol. The molecule has 0 saturated heterocycles. The van der Waals surface area contributed by atoms with Crippen molar-refractivity contribution >= 4 is 34.5 Å². The first-order valence-corrected chi connectivity index (χ1v) is 7.77. The molecule has 0 amide bonds. The van der Waals surface area contributed by atoms with Crippen molar-refractivity contribution < 1.29 is 9.53 Å². The van der Waals surface area contributed by atoms with E-state index in [0.29, 0.717) is 12.1 Å². The Labute approximate surface area is 140 Å². The predicted molar refractivity (Wildman–Crippen MR) is 95.2 cm³/mol. The lowest BCUT2D eigenvalue weighted by Crippen LogP contribution is -2.28. The van der Waals surface area contributed by atoms with Crippen LogP contribution in [0.15, 0.2) is 66.2 Å². The van der Waals surface area contributed by atoms with Gasteiger partial charge in [-0.1, -0.05) is 36.4 Å². The molecule has 0 N–H and O–H groups in total. The zero-order valence-corrected chi connectivity index (χ0v) is 13.3. The summed E-state index contributed by atoms with van der Waals surface area (Å²) in [6.07, 6.45) is 1.88. The standard InChI is InChI=1S/C20H16N2O2/c1-24-20(23)16-12-15-11-14-7-5-6-10-18(14)21-19(15)22(13-16)17-8-3-2-4-9-17/h2-12H,13H2,1H3. The molecule has 1 aromatic heterocycles. The maximum atomic E-state index is 12.1. The van der Waals surface area contributed by atoms with Crippen LogP contribution < -0.4 is 4.90 Å². The quantitative estimate of drug-likeness (QED) is 0.672. The van der Waals surface area contributed by atoms with E-state index in [1.165, 1.54) is 7.11 Å². The number of benzene rings is 2. The number of para-hydroxylation sites is 2. The SMILES string of the molecule is COC(=O)C1=Cc2cc3ccccc3nc2N(c2ccccc2)C1. The van der Waals surface area contributed by atoms with Crippen LogP contribution in [-0.4, -0.2) is 24.6 Å². The highest BCUT2D eigenvalue weighted by Gasteiger charge is 2.25. The molecule has 0 spiro atoms. The third kappa shape index (κ3) is 2.42. The average Bonchev–Trinajstić information content (AvgIpc) is 2.65. The van der Waals surface area contributed by atoms with Crippen LogP contribution in [0.3, 0.4) is 0 Å². The van der Waals surface area contributed by atoms with Crippen molar-refractivity contribution in [3.63, 3.8) is 0 Å². The molecule has 2 heterocycles. The number of hydrogen-bond acceptors (Lipinski definition) is 4. The number of hydrogen-bond donors (Lipinski definition) is 0. The molecule has 0 atom stereocenters. The molecule has 4 heteroatoms. The Morgan fingerprint density at radius 3 is 2.62 bits per heavy atom. The first-order valence-electron chi connectivity index (χ1n) is 7.77. The minimum Gasteiger partial charge on any atom is -0.466 e. The Kier molecular flexibility index (Phi) is 3.50. The van der Waals surface area contributed by atoms with Crippen molar-refractivity contribution in [2.75, 3.05) is 18.6 Å². The first kappa shape index (κ1) is 14.5. The number of ether oxygens (including phenoxy) is 1. The number of fused-ring (bicyclic) bond motifs is 2. The molecule has 118 valence electrons. The van der Waals surface area contributed by atoms with Crippen LogP contribution in [0.5, 0.6) is 0 Å². The van der Waals surface area contributed by atoms with Gasteiger partial charge in [-0.3, -0.25) is 0 Å². The van der Waals surface area contributed by atoms with Crippen LogP contribution in [0.1, 0.15) is 5.56 Å². The van der Waals surface area contributed by atoms with Crippen molar-refractivity contribution in [2.24, 2.45) is 0 Å². The Hall–Kier alpha value is -3.14. The van der Waals surface area contributed by atoms with E-state index in [9.17, 15) is 4.79 Å². The number of rotatable bonds is 2. The van der Waals surface area contributed by atoms with Gasteiger partial charge in [0.1, 0.15) is 5.82 Å². The van der Waals surface area contributed by atoms with E-state index in [4.69, 9.17) is 9.72 Å². The molecule has 0 bridgehead atoms. The molecule has 4 nitrogen and oxygen atoms in total. The number of nitrogens with zero attached hydrogens (tertiary/aromatic N) is 2. The van der Waals surface area contributed by atoms with Crippen molar-refractivity contribution in [1.82, 2.24) is 4.98 Å². The Morgan fingerprint density at radius 2 is 1.83 bits per heavy atom. The molecule has 0 saturated carbocycles. The largest absolute Gasteiger partial charge is 0.466 e. The van der Waals surface area contributed by atoms with Gasteiger partial charge in [-0.2, -0.15) is 0 Å². The highest BCUT2D eigenvalue weighted by molar-refractivity contribution is 5.99. The van der Waals surface area contributed by atoms with Crippen molar-refractivity contribution in [3.05, 3.63) is 71.8 Å². The second kappa shape index (κ2) is 5.81. The Balaban J connectivity index is 1.93. The highest BCUT2D eigenvalue weighted by atomic mass is 16.5. The summed E-state index contributed by atoms with van der Waals surface area (Å²) in [5, 5.41) is 1.05. The normalized spacial score (nSPS) is 13.4. The molecule has 0 fully saturated rings. The fourth-order valence-corrected chi connectivity index (χ4v) is 3.00. The predicted octanol–water partition coefficient (Wildman–Crippen LogP) is 3.94. The zero-order chi connectivity index (χ0) is 16.5. The number of aromatic nitrogens is 1. The molecule has 3 aromatic rings. The number of anilines is 2. The van der Waals surface area contributed by atoms with E-state index < -0.39 is 0 Å². The molecule has 1 aliphatic rings. The molecule has 4 rings (SSSR count). The van der Waals surface area contributed by atoms with Gasteiger partial charge in [0.05, 0.1) is 24.7 Å². The van der Waals surface area contributed by atoms with Gasteiger partial charge >= 0.3 is 5.97 Å². The van der Waals surface area contributed by atoms with E-state index in [0.717, 1.165) is 28.0 Å². The maximum Gasteiger partial charge on any atom is 0.335 e. The summed E-state index contributed by atoms with van der Waals surface area (Å²) in [5.74, 6) is 0.544. The van der Waals surface area contributed by atoms with Gasteiger partial charge in [-0.05, 0) is 30.3 Å². The van der Waals surface area contributed by atoms with Gasteiger partial charge in [0.25, 0.3) is 0 Å². The zero-order valence-electron chi connectivity index (χ0n) is 13.3. The fourth-order valence-electron chi connectivity index (χ4n) is 3.00. The van der Waals surface area contributed by atoms with E-state index >= 15 is 0 Å². The van der Waals surface area contributed by atoms with Crippen LogP contribution in [-0.2, 0) is 9.53 Å². The van der Waals surface area contributed by atoms with Crippen LogP contribution in [0, 0.1) is 0 Å². The third-order valence-corrected chi connectivity index (χ3v) is 4.16. The van der Waals surface area contributed by atoms with Gasteiger partial charge in [-0.15, -0.1) is 0 Å². The Morgan fingerprint density at radius 1 is 1.08 bits per heavy atom. The summed E-state index contributed by atoms with van der Waals surface area (Å²) in [4.78, 5) is 19.0. The topological polar surface area (TPSA) is 42.4 Å². The van der Waals surface area contributed by atoms with Crippen molar-refractivity contribution in [1.29, 1.82) is 0 Å². The smallest absolute Gasteiger partial charge is 0.335 e. The number of pyridine rings is 1. The number of carbonyl (C=O) groups is 1. The number of carbonyl (C=O) groups excluding carboxylic acids is 1. The lowest BCUT2D eigenvalue weighted by molar-refractivity contribution is -0.136. The van der Waals surface area contributed by atoms with Crippen LogP contribution in [0.4, 0.5) is 11.5 Å². The van der Waals surface area contributed by atoms with E-state index in [1.54, 1.807) is 0 Å². The molecule has 0 radical (unpaired) electrons. The minimum atomic E-state index is -0.310. The third-order valence-electron chi connectivity index (χ3n) is 4.16. The maximum absolute atomic E-state index is 12.1. The second-order valence-electron chi connectivity index (χ2n) is 5.68. The summed E-state index contributed by atoms with van der Waals surface area (Å²) in [6.45, 7) is 0.440. The van der Waals surface area contributed by atoms with Crippen LogP contribution in [0.25, 0.3) is 17.0 Å². The average molecular weight is 316 g/mol. The monoisotopic (exact) mass is 316 g/mol. The van der Waals surface area contributed by atoms with E-state index in [-0.39, 0.29) is 5.97 Å². The molecule has 0 aliphatic carbocycles. The lowest BCUT2D eigenvalue weighted by atomic mass is 10.0. The lowest BCUT2D eigenvalue weighted by Gasteiger charge is -2.29. The molecule has 1 aliphatic heterocycles. The van der Waals surface area contributed by atoms with Crippen molar-refractivity contribution in [3.8, 4) is 0 Å². The fraction of sp³-hybridized carbons (Fsp3) is 0.100. The summed E-state index contributed by atoms with van der Waals surface area (Å²) in [5.41, 5.74) is 3.47. The van der Waals surface area contributed by atoms with Crippen molar-refractivity contribution in [2.45, 2.75) is 0 Å². The summed E-state index contributed by atoms with van der Waals surface area (Å²) in [7, 11) is 1.41. The summed E-state index contributed by atoms with van der Waals surface area (Å²) < 4.78 is 4.92. The Bertz CT molecular complexity index is 948. The van der Waals surface area contributed by atoms with Gasteiger partial charge in [0.2, 0.25) is 0 Å². The molecule has 24 heavy (non-hydrogen) atoms. The van der Waals surface area contributed by atoms with E-state index in [2.05, 4.69) is 6.07 Å². The van der Waals surface area contributed by atoms with Gasteiger partial charge in [0.15, 0.2) is 0 Å². The van der Waals surface area contributed by atoms with Gasteiger partial charge in [-0.25, -0.2) is 9.78 Å². The molecule has 0 unspecified atom stereocenters. The molecular formula is C20H16N2O2. The van der Waals surface area contributed by atoms with Gasteiger partial charge in [0, 0.05) is 16.6 Å². The number of methoxy groups -OCH3 is 1. The summed E-state index contributed by atoms with van der Waals surface area (Å²) >= 11 is 0. The molecule has 2 aromatic carbocycles. The first-order chi connectivity index (χ1) is 11.8. The second-order valence-corrected chi connectivity index (χ2v) is 5.68.